The van der Waals surface area contributed by atoms with E-state index < -0.39 is 28.8 Å². The van der Waals surface area contributed by atoms with E-state index in [1.807, 2.05) is 50.2 Å². The van der Waals surface area contributed by atoms with Gasteiger partial charge in [0.15, 0.2) is 0 Å². The lowest BCUT2D eigenvalue weighted by atomic mass is 9.82. The molecular weight excluding hydrogens is 465 g/mol. The van der Waals surface area contributed by atoms with Crippen molar-refractivity contribution in [2.24, 2.45) is 0 Å². The first-order chi connectivity index (χ1) is 16.8. The molecule has 0 heterocycles. The molecule has 0 unspecified atom stereocenters. The Morgan fingerprint density at radius 2 is 1.41 bits per heavy atom. The fraction of sp³-hybridized carbons (Fsp3) is 0.533. The van der Waals surface area contributed by atoms with E-state index in [1.165, 1.54) is 0 Å². The van der Waals surface area contributed by atoms with Gasteiger partial charge in [-0.2, -0.15) is 0 Å². The van der Waals surface area contributed by atoms with Crippen LogP contribution in [0.4, 0.5) is 0 Å². The van der Waals surface area contributed by atoms with Crippen LogP contribution in [0.2, 0.25) is 0 Å². The first kappa shape index (κ1) is 30.6. The summed E-state index contributed by atoms with van der Waals surface area (Å²) in [4.78, 5) is 26.0. The fourth-order valence-electron chi connectivity index (χ4n) is 3.26. The molecule has 0 aliphatic rings. The first-order valence-corrected chi connectivity index (χ1v) is 12.8. The maximum Gasteiger partial charge on any atom is 0.330 e. The number of nitrogens with one attached hydrogen (secondary N) is 1. The lowest BCUT2D eigenvalue weighted by molar-refractivity contribution is -0.157. The van der Waals surface area contributed by atoms with Crippen LogP contribution in [0.15, 0.2) is 48.5 Å². The summed E-state index contributed by atoms with van der Waals surface area (Å²) in [6.45, 7) is 18.8. The normalized spacial score (nSPS) is 13.6. The van der Waals surface area contributed by atoms with Gasteiger partial charge in [-0.25, -0.2) is 4.79 Å². The molecule has 2 aromatic carbocycles. The molecule has 0 aromatic heterocycles. The van der Waals surface area contributed by atoms with Crippen molar-refractivity contribution >= 4 is 24.8 Å². The predicted molar refractivity (Wildman–Crippen MR) is 149 cm³/mol. The molecule has 0 aliphatic heterocycles. The molecule has 7 heteroatoms. The van der Waals surface area contributed by atoms with Crippen LogP contribution in [0.1, 0.15) is 90.7 Å². The number of aliphatic hydroxyl groups is 1. The smallest absolute Gasteiger partial charge is 0.330 e. The minimum absolute atomic E-state index is 0.0211. The third-order valence-electron chi connectivity index (χ3n) is 6.39. The molecule has 2 rings (SSSR count). The average molecular weight is 508 g/mol. The first-order valence-electron chi connectivity index (χ1n) is 12.8. The van der Waals surface area contributed by atoms with E-state index in [9.17, 15) is 14.7 Å². The van der Waals surface area contributed by atoms with Crippen LogP contribution >= 0.6 is 0 Å². The Morgan fingerprint density at radius 3 is 1.86 bits per heavy atom. The van der Waals surface area contributed by atoms with Crippen LogP contribution in [-0.4, -0.2) is 47.3 Å². The Morgan fingerprint density at radius 1 is 0.865 bits per heavy atom. The standard InChI is InChI=1S/C30H43BNO5/c1-27(2,3)22-15-13-21(14-16-22)25(33)32-24(26(34)36-28(4,5)6)19-20-11-17-23(18-12-20)31-37-30(9,10)29(7,8)35/h11-18,24,35H,19H2,1-10H3,(H,32,33)/t24-/m0/s1. The van der Waals surface area contributed by atoms with E-state index in [2.05, 4.69) is 26.1 Å². The number of carbonyl (C=O) groups is 2. The van der Waals surface area contributed by atoms with Gasteiger partial charge < -0.3 is 19.8 Å². The van der Waals surface area contributed by atoms with E-state index in [-0.39, 0.29) is 17.7 Å². The van der Waals surface area contributed by atoms with E-state index in [4.69, 9.17) is 9.39 Å². The number of benzene rings is 2. The van der Waals surface area contributed by atoms with E-state index in [0.29, 0.717) is 5.56 Å². The van der Waals surface area contributed by atoms with Gasteiger partial charge >= 0.3 is 13.5 Å². The van der Waals surface area contributed by atoms with Gasteiger partial charge in [-0.3, -0.25) is 4.79 Å². The van der Waals surface area contributed by atoms with Crippen LogP contribution < -0.4 is 10.8 Å². The summed E-state index contributed by atoms with van der Waals surface area (Å²) in [5.41, 5.74) is 0.789. The average Bonchev–Trinajstić information content (AvgIpc) is 2.75. The molecule has 2 aromatic rings. The van der Waals surface area contributed by atoms with E-state index >= 15 is 0 Å². The lowest BCUT2D eigenvalue weighted by Gasteiger charge is -2.37. The molecule has 1 atom stereocenters. The second-order valence-corrected chi connectivity index (χ2v) is 12.6. The third-order valence-corrected chi connectivity index (χ3v) is 6.39. The van der Waals surface area contributed by atoms with E-state index in [1.54, 1.807) is 54.2 Å². The van der Waals surface area contributed by atoms with E-state index in [0.717, 1.165) is 16.6 Å². The minimum atomic E-state index is -1.02. The second-order valence-electron chi connectivity index (χ2n) is 12.6. The molecule has 2 N–H and O–H groups in total. The summed E-state index contributed by atoms with van der Waals surface area (Å²) in [5, 5.41) is 13.1. The Labute approximate surface area is 223 Å². The van der Waals surface area contributed by atoms with Gasteiger partial charge in [0.05, 0.1) is 11.2 Å². The zero-order valence-corrected chi connectivity index (χ0v) is 24.1. The van der Waals surface area contributed by atoms with Crippen LogP contribution in [-0.2, 0) is 26.0 Å². The number of rotatable bonds is 9. The largest absolute Gasteiger partial charge is 0.458 e. The van der Waals surface area contributed by atoms with Crippen molar-refractivity contribution in [3.8, 4) is 0 Å². The van der Waals surface area contributed by atoms with Crippen molar-refractivity contribution in [1.82, 2.24) is 5.32 Å². The van der Waals surface area contributed by atoms with Gasteiger partial charge in [-0.05, 0) is 77.1 Å². The number of hydrogen-bond donors (Lipinski definition) is 2. The van der Waals surface area contributed by atoms with Crippen molar-refractivity contribution < 1.29 is 24.1 Å². The molecule has 0 aliphatic carbocycles. The van der Waals surface area contributed by atoms with Gasteiger partial charge in [-0.15, -0.1) is 0 Å². The monoisotopic (exact) mass is 508 g/mol. The van der Waals surface area contributed by atoms with Gasteiger partial charge in [0, 0.05) is 12.0 Å². The summed E-state index contributed by atoms with van der Waals surface area (Å²) in [6.07, 6.45) is 0.275. The highest BCUT2D eigenvalue weighted by Crippen LogP contribution is 2.24. The molecule has 6 nitrogen and oxygen atoms in total. The topological polar surface area (TPSA) is 84.9 Å². The molecule has 0 spiro atoms. The van der Waals surface area contributed by atoms with Gasteiger partial charge in [0.2, 0.25) is 0 Å². The Balaban J connectivity index is 2.16. The van der Waals surface area contributed by atoms with Crippen molar-refractivity contribution in [2.45, 2.75) is 104 Å². The number of esters is 1. The Hall–Kier alpha value is -2.64. The number of amides is 1. The van der Waals surface area contributed by atoms with Gasteiger partial charge in [-0.1, -0.05) is 62.6 Å². The van der Waals surface area contributed by atoms with Gasteiger partial charge in [0.25, 0.3) is 5.91 Å². The quantitative estimate of drug-likeness (QED) is 0.386. The van der Waals surface area contributed by atoms with Gasteiger partial charge in [0.1, 0.15) is 11.6 Å². The molecule has 0 fully saturated rings. The summed E-state index contributed by atoms with van der Waals surface area (Å²) < 4.78 is 11.4. The second kappa shape index (κ2) is 11.4. The maximum absolute atomic E-state index is 13.0. The third kappa shape index (κ3) is 9.31. The molecule has 37 heavy (non-hydrogen) atoms. The van der Waals surface area contributed by atoms with Crippen molar-refractivity contribution in [3.05, 3.63) is 65.2 Å². The zero-order chi connectivity index (χ0) is 28.2. The van der Waals surface area contributed by atoms with Crippen LogP contribution in [0.5, 0.6) is 0 Å². The SMILES string of the molecule is CC(C)(C)OC(=O)[C@H](Cc1ccc([B]OC(C)(C)C(C)(C)O)cc1)NC(=O)c1ccc(C(C)(C)C)cc1. The molecule has 0 saturated heterocycles. The minimum Gasteiger partial charge on any atom is -0.458 e. The maximum atomic E-state index is 13.0. The molecule has 1 radical (unpaired) electrons. The van der Waals surface area contributed by atoms with Crippen molar-refractivity contribution in [2.75, 3.05) is 0 Å². The van der Waals surface area contributed by atoms with Crippen molar-refractivity contribution in [3.63, 3.8) is 0 Å². The summed E-state index contributed by atoms with van der Waals surface area (Å²) >= 11 is 0. The van der Waals surface area contributed by atoms with Crippen LogP contribution in [0.25, 0.3) is 0 Å². The highest BCUT2D eigenvalue weighted by molar-refractivity contribution is 6.47. The van der Waals surface area contributed by atoms with Crippen molar-refractivity contribution in [1.29, 1.82) is 0 Å². The lowest BCUT2D eigenvalue weighted by Crippen LogP contribution is -2.49. The number of carbonyl (C=O) groups excluding carboxylic acids is 2. The molecular formula is C30H43BNO5. The molecule has 201 valence electrons. The van der Waals surface area contributed by atoms with Crippen LogP contribution in [0, 0.1) is 0 Å². The number of ether oxygens (including phenoxy) is 1. The highest BCUT2D eigenvalue weighted by atomic mass is 16.6. The molecule has 1 amide bonds. The highest BCUT2D eigenvalue weighted by Gasteiger charge is 2.35. The Kier molecular flexibility index (Phi) is 9.43. The summed E-state index contributed by atoms with van der Waals surface area (Å²) in [7, 11) is 1.61. The zero-order valence-electron chi connectivity index (χ0n) is 24.1. The van der Waals surface area contributed by atoms with Crippen LogP contribution in [0.3, 0.4) is 0 Å². The summed E-state index contributed by atoms with van der Waals surface area (Å²) in [5.74, 6) is -0.818. The Bertz CT molecular complexity index is 1060. The predicted octanol–water partition coefficient (Wildman–Crippen LogP) is 4.48. The summed E-state index contributed by atoms with van der Waals surface area (Å²) in [6, 6.07) is 14.1. The number of hydrogen-bond acceptors (Lipinski definition) is 5. The fourth-order valence-corrected chi connectivity index (χ4v) is 3.26. The molecule has 0 bridgehead atoms. The molecule has 0 saturated carbocycles.